The highest BCUT2D eigenvalue weighted by Gasteiger charge is 2.24. The van der Waals surface area contributed by atoms with Crippen LogP contribution in [-0.4, -0.2) is 30.6 Å². The highest BCUT2D eigenvalue weighted by Crippen LogP contribution is 2.28. The van der Waals surface area contributed by atoms with Crippen LogP contribution in [0.4, 0.5) is 4.39 Å². The van der Waals surface area contributed by atoms with Gasteiger partial charge in [0.15, 0.2) is 0 Å². The van der Waals surface area contributed by atoms with Crippen LogP contribution >= 0.6 is 24.0 Å². The van der Waals surface area contributed by atoms with Crippen LogP contribution in [0.5, 0.6) is 0 Å². The molecule has 0 bridgehead atoms. The summed E-state index contributed by atoms with van der Waals surface area (Å²) in [7, 11) is 0. The van der Waals surface area contributed by atoms with Crippen molar-refractivity contribution in [3.8, 4) is 0 Å². The molecule has 1 aromatic carbocycles. The number of hydrogen-bond donors (Lipinski definition) is 1. The van der Waals surface area contributed by atoms with E-state index in [0.29, 0.717) is 6.04 Å². The molecule has 2 nitrogen and oxygen atoms in total. The maximum Gasteiger partial charge on any atom is 0.141 e. The largest absolute Gasteiger partial charge is 0.314 e. The van der Waals surface area contributed by atoms with E-state index in [1.807, 2.05) is 6.07 Å². The van der Waals surface area contributed by atoms with Gasteiger partial charge in [-0.15, -0.1) is 12.4 Å². The van der Waals surface area contributed by atoms with E-state index < -0.39 is 0 Å². The van der Waals surface area contributed by atoms with Crippen LogP contribution in [0.3, 0.4) is 0 Å². The average Bonchev–Trinajstić information content (AvgIpc) is 3.26. The SMILES string of the molecule is Cl.Fc1ccc(CN2CCC(NCC3CC3)CC2)cc1Cl. The standard InChI is InChI=1S/C16H22ClFN2.ClH/c17-15-9-13(3-4-16(15)18)11-20-7-5-14(6-8-20)19-10-12-1-2-12;/h3-4,9,12,14,19H,1-2,5-8,10-11H2;1H. The Kier molecular flexibility index (Phi) is 6.30. The van der Waals surface area contributed by atoms with Crippen LogP contribution in [-0.2, 0) is 6.54 Å². The first-order chi connectivity index (χ1) is 9.70. The summed E-state index contributed by atoms with van der Waals surface area (Å²) in [4.78, 5) is 2.43. The smallest absolute Gasteiger partial charge is 0.141 e. The third-order valence-corrected chi connectivity index (χ3v) is 4.66. The fraction of sp³-hybridized carbons (Fsp3) is 0.625. The molecule has 3 rings (SSSR count). The van der Waals surface area contributed by atoms with Crippen LogP contribution < -0.4 is 5.32 Å². The van der Waals surface area contributed by atoms with Crippen molar-refractivity contribution in [2.75, 3.05) is 19.6 Å². The van der Waals surface area contributed by atoms with Crippen molar-refractivity contribution in [2.45, 2.75) is 38.3 Å². The lowest BCUT2D eigenvalue weighted by Crippen LogP contribution is -2.42. The van der Waals surface area contributed by atoms with E-state index in [4.69, 9.17) is 11.6 Å². The third-order valence-electron chi connectivity index (χ3n) is 4.37. The van der Waals surface area contributed by atoms with Crippen molar-refractivity contribution >= 4 is 24.0 Å². The van der Waals surface area contributed by atoms with E-state index in [-0.39, 0.29) is 23.2 Å². The Morgan fingerprint density at radius 1 is 1.19 bits per heavy atom. The molecule has 0 unspecified atom stereocenters. The van der Waals surface area contributed by atoms with Crippen LogP contribution in [0.1, 0.15) is 31.2 Å². The highest BCUT2D eigenvalue weighted by molar-refractivity contribution is 6.30. The molecule has 0 radical (unpaired) electrons. The molecule has 2 aliphatic rings. The van der Waals surface area contributed by atoms with Gasteiger partial charge in [-0.1, -0.05) is 17.7 Å². The molecule has 1 N–H and O–H groups in total. The first-order valence-electron chi connectivity index (χ1n) is 7.60. The third kappa shape index (κ3) is 5.10. The molecule has 1 saturated heterocycles. The first-order valence-corrected chi connectivity index (χ1v) is 7.98. The predicted molar refractivity (Wildman–Crippen MR) is 87.7 cm³/mol. The Hall–Kier alpha value is -0.350. The second-order valence-electron chi connectivity index (χ2n) is 6.15. The van der Waals surface area contributed by atoms with Crippen LogP contribution in [0.2, 0.25) is 5.02 Å². The van der Waals surface area contributed by atoms with Gasteiger partial charge in [-0.2, -0.15) is 0 Å². The highest BCUT2D eigenvalue weighted by atomic mass is 35.5. The minimum absolute atomic E-state index is 0. The summed E-state index contributed by atoms with van der Waals surface area (Å²) in [6.07, 6.45) is 5.25. The van der Waals surface area contributed by atoms with E-state index in [2.05, 4.69) is 10.2 Å². The van der Waals surface area contributed by atoms with Crippen molar-refractivity contribution in [2.24, 2.45) is 5.92 Å². The predicted octanol–water partition coefficient (Wildman–Crippen LogP) is 3.86. The molecule has 1 aliphatic carbocycles. The molecular weight excluding hydrogens is 310 g/mol. The molecule has 0 atom stereocenters. The summed E-state index contributed by atoms with van der Waals surface area (Å²) in [6, 6.07) is 5.72. The van der Waals surface area contributed by atoms with Crippen molar-refractivity contribution < 1.29 is 4.39 Å². The van der Waals surface area contributed by atoms with E-state index in [1.54, 1.807) is 6.07 Å². The van der Waals surface area contributed by atoms with Gasteiger partial charge in [0.25, 0.3) is 0 Å². The lowest BCUT2D eigenvalue weighted by atomic mass is 10.0. The Bertz CT molecular complexity index is 458. The van der Waals surface area contributed by atoms with Crippen molar-refractivity contribution in [3.63, 3.8) is 0 Å². The van der Waals surface area contributed by atoms with Crippen LogP contribution in [0.25, 0.3) is 0 Å². The van der Waals surface area contributed by atoms with Gasteiger partial charge in [0.05, 0.1) is 5.02 Å². The molecule has 0 amide bonds. The zero-order valence-corrected chi connectivity index (χ0v) is 13.7. The van der Waals surface area contributed by atoms with Gasteiger partial charge in [0, 0.05) is 12.6 Å². The quantitative estimate of drug-likeness (QED) is 0.880. The van der Waals surface area contributed by atoms with Gasteiger partial charge < -0.3 is 5.32 Å². The number of nitrogens with one attached hydrogen (secondary N) is 1. The topological polar surface area (TPSA) is 15.3 Å². The number of halogens is 3. The molecule has 1 aliphatic heterocycles. The monoisotopic (exact) mass is 332 g/mol. The minimum Gasteiger partial charge on any atom is -0.314 e. The zero-order valence-electron chi connectivity index (χ0n) is 12.2. The van der Waals surface area contributed by atoms with Gasteiger partial charge in [-0.05, 0) is 68.9 Å². The molecule has 21 heavy (non-hydrogen) atoms. The van der Waals surface area contributed by atoms with Gasteiger partial charge in [0.1, 0.15) is 5.82 Å². The summed E-state index contributed by atoms with van der Waals surface area (Å²) >= 11 is 5.83. The van der Waals surface area contributed by atoms with E-state index in [0.717, 1.165) is 31.1 Å². The molecule has 0 aromatic heterocycles. The van der Waals surface area contributed by atoms with Gasteiger partial charge >= 0.3 is 0 Å². The summed E-state index contributed by atoms with van der Waals surface area (Å²) in [6.45, 7) is 4.29. The van der Waals surface area contributed by atoms with E-state index in [9.17, 15) is 4.39 Å². The maximum atomic E-state index is 13.1. The summed E-state index contributed by atoms with van der Waals surface area (Å²) in [5, 5.41) is 3.91. The first kappa shape index (κ1) is 17.0. The number of hydrogen-bond acceptors (Lipinski definition) is 2. The molecule has 1 aromatic rings. The second kappa shape index (κ2) is 7.77. The Morgan fingerprint density at radius 3 is 2.52 bits per heavy atom. The van der Waals surface area contributed by atoms with Crippen molar-refractivity contribution in [1.82, 2.24) is 10.2 Å². The van der Waals surface area contributed by atoms with E-state index >= 15 is 0 Å². The fourth-order valence-corrected chi connectivity index (χ4v) is 3.05. The summed E-state index contributed by atoms with van der Waals surface area (Å²) < 4.78 is 13.1. The van der Waals surface area contributed by atoms with E-state index in [1.165, 1.54) is 38.3 Å². The maximum absolute atomic E-state index is 13.1. The molecular formula is C16H23Cl2FN2. The Labute approximate surface area is 137 Å². The molecule has 1 saturated carbocycles. The van der Waals surface area contributed by atoms with Crippen LogP contribution in [0.15, 0.2) is 18.2 Å². The number of nitrogens with zero attached hydrogens (tertiary/aromatic N) is 1. The fourth-order valence-electron chi connectivity index (χ4n) is 2.85. The minimum atomic E-state index is -0.335. The number of piperidine rings is 1. The number of likely N-dealkylation sites (tertiary alicyclic amines) is 1. The molecule has 1 heterocycles. The number of rotatable bonds is 5. The Balaban J connectivity index is 0.00000161. The normalized spacial score (nSPS) is 20.3. The average molecular weight is 333 g/mol. The second-order valence-corrected chi connectivity index (χ2v) is 6.56. The van der Waals surface area contributed by atoms with Gasteiger partial charge in [0.2, 0.25) is 0 Å². The molecule has 5 heteroatoms. The Morgan fingerprint density at radius 2 is 1.90 bits per heavy atom. The lowest BCUT2D eigenvalue weighted by Gasteiger charge is -2.32. The molecule has 2 fully saturated rings. The van der Waals surface area contributed by atoms with Crippen molar-refractivity contribution in [3.05, 3.63) is 34.6 Å². The van der Waals surface area contributed by atoms with Gasteiger partial charge in [-0.3, -0.25) is 4.90 Å². The summed E-state index contributed by atoms with van der Waals surface area (Å²) in [5.41, 5.74) is 1.10. The van der Waals surface area contributed by atoms with Gasteiger partial charge in [-0.25, -0.2) is 4.39 Å². The zero-order chi connectivity index (χ0) is 13.9. The summed E-state index contributed by atoms with van der Waals surface area (Å²) in [5.74, 6) is 0.618. The van der Waals surface area contributed by atoms with Crippen LogP contribution in [0, 0.1) is 11.7 Å². The lowest BCUT2D eigenvalue weighted by molar-refractivity contribution is 0.190. The number of benzene rings is 1. The molecule has 0 spiro atoms. The molecule has 118 valence electrons. The van der Waals surface area contributed by atoms with Crippen molar-refractivity contribution in [1.29, 1.82) is 0 Å².